The molecule has 3 aliphatic heterocycles. The van der Waals surface area contributed by atoms with E-state index in [1.807, 2.05) is 0 Å². The zero-order chi connectivity index (χ0) is 24.6. The van der Waals surface area contributed by atoms with Gasteiger partial charge in [-0.25, -0.2) is 9.37 Å². The molecule has 11 heteroatoms. The number of hydrogen-bond acceptors (Lipinski definition) is 8. The number of fused-ring (bicyclic) bond motifs is 1. The van der Waals surface area contributed by atoms with Crippen molar-refractivity contribution in [2.45, 2.75) is 69.9 Å². The first-order valence-electron chi connectivity index (χ1n) is 11.9. The van der Waals surface area contributed by atoms with E-state index in [-0.39, 0.29) is 40.9 Å². The topological polar surface area (TPSA) is 80.8 Å². The highest BCUT2D eigenvalue weighted by Gasteiger charge is 2.42. The van der Waals surface area contributed by atoms with Crippen LogP contribution in [0.4, 0.5) is 30.6 Å². The highest BCUT2D eigenvalue weighted by atomic mass is 19.3. The van der Waals surface area contributed by atoms with Crippen LogP contribution in [0.3, 0.4) is 0 Å². The third-order valence-electron chi connectivity index (χ3n) is 6.98. The zero-order valence-corrected chi connectivity index (χ0v) is 19.8. The van der Waals surface area contributed by atoms with Crippen LogP contribution >= 0.6 is 0 Å². The first-order valence-corrected chi connectivity index (χ1v) is 11.9. The SMILES string of the molecule is CC1(C)CC[C@H]2C[C@@H](Nc3nc(Nc4ccc(OC5COC5)c(OC(F)F)c4)ncc3F)CCN21. The minimum absolute atomic E-state index is 0.111. The van der Waals surface area contributed by atoms with E-state index in [2.05, 4.69) is 44.1 Å². The summed E-state index contributed by atoms with van der Waals surface area (Å²) in [6.45, 7) is 3.29. The Hall–Kier alpha value is -2.79. The maximum Gasteiger partial charge on any atom is 0.387 e. The van der Waals surface area contributed by atoms with Crippen molar-refractivity contribution in [2.24, 2.45) is 0 Å². The molecule has 1 aromatic heterocycles. The molecule has 4 heterocycles. The maximum atomic E-state index is 14.5. The third-order valence-corrected chi connectivity index (χ3v) is 6.98. The predicted molar refractivity (Wildman–Crippen MR) is 124 cm³/mol. The van der Waals surface area contributed by atoms with E-state index in [1.54, 1.807) is 6.07 Å². The van der Waals surface area contributed by atoms with Crippen LogP contribution in [0.2, 0.25) is 0 Å². The summed E-state index contributed by atoms with van der Waals surface area (Å²) in [7, 11) is 0. The lowest BCUT2D eigenvalue weighted by atomic mass is 9.97. The van der Waals surface area contributed by atoms with Crippen LogP contribution in [0, 0.1) is 5.82 Å². The van der Waals surface area contributed by atoms with Gasteiger partial charge in [0, 0.05) is 35.9 Å². The number of nitrogens with one attached hydrogen (secondary N) is 2. The molecule has 0 radical (unpaired) electrons. The molecule has 3 fully saturated rings. The lowest BCUT2D eigenvalue weighted by molar-refractivity contribution is -0.0852. The van der Waals surface area contributed by atoms with E-state index in [0.717, 1.165) is 38.4 Å². The first kappa shape index (κ1) is 23.9. The minimum atomic E-state index is -3.01. The van der Waals surface area contributed by atoms with E-state index in [9.17, 15) is 13.2 Å². The predicted octanol–water partition coefficient (Wildman–Crippen LogP) is 4.56. The Kier molecular flexibility index (Phi) is 6.63. The fraction of sp³-hybridized carbons (Fsp3) is 0.583. The summed E-state index contributed by atoms with van der Waals surface area (Å²) in [4.78, 5) is 10.9. The van der Waals surface area contributed by atoms with Crippen molar-refractivity contribution in [3.63, 3.8) is 0 Å². The van der Waals surface area contributed by atoms with Crippen molar-refractivity contribution < 1.29 is 27.4 Å². The number of anilines is 3. The van der Waals surface area contributed by atoms with Gasteiger partial charge in [-0.15, -0.1) is 0 Å². The zero-order valence-electron chi connectivity index (χ0n) is 19.8. The summed E-state index contributed by atoms with van der Waals surface area (Å²) in [5.41, 5.74) is 0.614. The fourth-order valence-corrected chi connectivity index (χ4v) is 5.10. The minimum Gasteiger partial charge on any atom is -0.482 e. The molecular formula is C24H30F3N5O3. The molecule has 1 aromatic carbocycles. The standard InChI is InChI=1S/C24H30F3N5O3/c1-24(2)7-5-16-9-15(6-8-32(16)24)29-21-18(25)11-28-23(31-21)30-14-3-4-19(34-17-12-33-13-17)20(10-14)35-22(26)27/h3-4,10-11,15-17,22H,5-9,12-13H2,1-2H3,(H2,28,29,30,31)/t15-,16-/m0/s1. The first-order chi connectivity index (χ1) is 16.8. The summed E-state index contributed by atoms with van der Waals surface area (Å²) in [6.07, 6.45) is 5.02. The highest BCUT2D eigenvalue weighted by molar-refractivity contribution is 5.60. The van der Waals surface area contributed by atoms with Crippen molar-refractivity contribution in [3.05, 3.63) is 30.2 Å². The average Bonchev–Trinajstić information content (AvgIpc) is 3.08. The van der Waals surface area contributed by atoms with E-state index in [1.165, 1.54) is 12.1 Å². The third kappa shape index (κ3) is 5.40. The van der Waals surface area contributed by atoms with E-state index in [4.69, 9.17) is 9.47 Å². The maximum absolute atomic E-state index is 14.5. The van der Waals surface area contributed by atoms with Gasteiger partial charge in [-0.2, -0.15) is 13.8 Å². The summed E-state index contributed by atoms with van der Waals surface area (Å²) in [6, 6.07) is 5.13. The van der Waals surface area contributed by atoms with Gasteiger partial charge in [-0.1, -0.05) is 0 Å². The van der Waals surface area contributed by atoms with Gasteiger partial charge in [-0.3, -0.25) is 4.90 Å². The second-order valence-corrected chi connectivity index (χ2v) is 9.90. The molecule has 3 aliphatic rings. The molecule has 3 saturated heterocycles. The number of hydrogen-bond donors (Lipinski definition) is 2. The molecule has 0 amide bonds. The van der Waals surface area contributed by atoms with Crippen LogP contribution in [0.1, 0.15) is 39.5 Å². The fourth-order valence-electron chi connectivity index (χ4n) is 5.10. The second-order valence-electron chi connectivity index (χ2n) is 9.90. The molecule has 2 atom stereocenters. The highest BCUT2D eigenvalue weighted by Crippen LogP contribution is 2.39. The summed E-state index contributed by atoms with van der Waals surface area (Å²) >= 11 is 0. The molecule has 190 valence electrons. The summed E-state index contributed by atoms with van der Waals surface area (Å²) in [5.74, 6) is -0.223. The van der Waals surface area contributed by atoms with Gasteiger partial charge < -0.3 is 24.8 Å². The molecule has 0 saturated carbocycles. The Balaban J connectivity index is 1.27. The summed E-state index contributed by atoms with van der Waals surface area (Å²) in [5, 5.41) is 6.18. The Bertz CT molecular complexity index is 1050. The Morgan fingerprint density at radius 2 is 2.03 bits per heavy atom. The van der Waals surface area contributed by atoms with Gasteiger partial charge in [0.05, 0.1) is 19.4 Å². The van der Waals surface area contributed by atoms with Gasteiger partial charge in [0.1, 0.15) is 6.10 Å². The van der Waals surface area contributed by atoms with Crippen LogP contribution in [0.5, 0.6) is 11.5 Å². The Morgan fingerprint density at radius 3 is 2.77 bits per heavy atom. The van der Waals surface area contributed by atoms with E-state index in [0.29, 0.717) is 24.9 Å². The molecular weight excluding hydrogens is 463 g/mol. The smallest absolute Gasteiger partial charge is 0.387 e. The van der Waals surface area contributed by atoms with Crippen molar-refractivity contribution >= 4 is 17.5 Å². The second kappa shape index (κ2) is 9.69. The van der Waals surface area contributed by atoms with Crippen LogP contribution in [-0.2, 0) is 4.74 Å². The van der Waals surface area contributed by atoms with Crippen LogP contribution in [-0.4, -0.2) is 65.0 Å². The molecule has 2 aromatic rings. The molecule has 5 rings (SSSR count). The monoisotopic (exact) mass is 493 g/mol. The number of benzene rings is 1. The molecule has 2 N–H and O–H groups in total. The molecule has 8 nitrogen and oxygen atoms in total. The van der Waals surface area contributed by atoms with Gasteiger partial charge in [0.15, 0.2) is 23.1 Å². The number of nitrogens with zero attached hydrogens (tertiary/aromatic N) is 3. The number of ether oxygens (including phenoxy) is 3. The Morgan fingerprint density at radius 1 is 1.20 bits per heavy atom. The molecule has 0 aliphatic carbocycles. The van der Waals surface area contributed by atoms with E-state index >= 15 is 0 Å². The quantitative estimate of drug-likeness (QED) is 0.554. The van der Waals surface area contributed by atoms with Crippen LogP contribution in [0.25, 0.3) is 0 Å². The average molecular weight is 494 g/mol. The van der Waals surface area contributed by atoms with Gasteiger partial charge in [-0.05, 0) is 51.7 Å². The van der Waals surface area contributed by atoms with Crippen molar-refractivity contribution in [1.82, 2.24) is 14.9 Å². The van der Waals surface area contributed by atoms with Gasteiger partial charge in [0.25, 0.3) is 0 Å². The number of rotatable bonds is 8. The lowest BCUT2D eigenvalue weighted by Gasteiger charge is -2.42. The van der Waals surface area contributed by atoms with Crippen LogP contribution < -0.4 is 20.1 Å². The molecule has 0 unspecified atom stereocenters. The number of halogens is 3. The van der Waals surface area contributed by atoms with Gasteiger partial charge >= 0.3 is 6.61 Å². The Labute approximate surface area is 202 Å². The normalized spacial score (nSPS) is 24.1. The number of aromatic nitrogens is 2. The summed E-state index contributed by atoms with van der Waals surface area (Å²) < 4.78 is 55.7. The molecule has 0 spiro atoms. The largest absolute Gasteiger partial charge is 0.482 e. The lowest BCUT2D eigenvalue weighted by Crippen LogP contribution is -2.50. The van der Waals surface area contributed by atoms with E-state index < -0.39 is 12.4 Å². The van der Waals surface area contributed by atoms with Gasteiger partial charge in [0.2, 0.25) is 5.95 Å². The van der Waals surface area contributed by atoms with Crippen molar-refractivity contribution in [1.29, 1.82) is 0 Å². The number of piperidine rings is 1. The molecule has 0 bridgehead atoms. The molecule has 35 heavy (non-hydrogen) atoms. The van der Waals surface area contributed by atoms with Crippen molar-refractivity contribution in [3.8, 4) is 11.5 Å². The van der Waals surface area contributed by atoms with Crippen LogP contribution in [0.15, 0.2) is 24.4 Å². The van der Waals surface area contributed by atoms with Crippen molar-refractivity contribution in [2.75, 3.05) is 30.4 Å². The number of alkyl halides is 2.